The maximum absolute atomic E-state index is 11.7. The molecular weight excluding hydrogens is 268 g/mol. The molecule has 1 aromatic carbocycles. The number of hydrogen-bond acceptors (Lipinski definition) is 6. The van der Waals surface area contributed by atoms with E-state index in [1.807, 2.05) is 0 Å². The Bertz CT molecular complexity index is 543. The highest BCUT2D eigenvalue weighted by molar-refractivity contribution is 6.10. The van der Waals surface area contributed by atoms with Gasteiger partial charge in [0.1, 0.15) is 5.75 Å². The number of nitrogens with one attached hydrogen (secondary N) is 1. The van der Waals surface area contributed by atoms with Crippen LogP contribution in [0.2, 0.25) is 0 Å². The molecule has 0 bridgehead atoms. The van der Waals surface area contributed by atoms with Crippen molar-refractivity contribution in [2.75, 3.05) is 11.9 Å². The summed E-state index contributed by atoms with van der Waals surface area (Å²) in [6.07, 6.45) is 0. The molecule has 0 heterocycles. The van der Waals surface area contributed by atoms with Crippen LogP contribution in [-0.2, 0) is 14.3 Å². The van der Waals surface area contributed by atoms with Gasteiger partial charge < -0.3 is 26.0 Å². The Balaban J connectivity index is 2.91. The lowest BCUT2D eigenvalue weighted by Gasteiger charge is -2.12. The van der Waals surface area contributed by atoms with Gasteiger partial charge in [0.25, 0.3) is 5.91 Å². The SMILES string of the molecule is CCOC(=O)C(N)C(=O)Nc1ccc(O)cc1C(=O)O. The van der Waals surface area contributed by atoms with Crippen molar-refractivity contribution in [1.29, 1.82) is 0 Å². The standard InChI is InChI=1S/C12H14N2O6/c1-2-20-12(19)9(13)10(16)14-8-4-3-6(15)5-7(8)11(17)18/h3-5,9,15H,2,13H2,1H3,(H,14,16)(H,17,18). The van der Waals surface area contributed by atoms with E-state index in [-0.39, 0.29) is 23.6 Å². The summed E-state index contributed by atoms with van der Waals surface area (Å²) in [6.45, 7) is 1.63. The predicted molar refractivity (Wildman–Crippen MR) is 68.3 cm³/mol. The first kappa shape index (κ1) is 15.4. The van der Waals surface area contributed by atoms with Crippen LogP contribution in [0.25, 0.3) is 0 Å². The van der Waals surface area contributed by atoms with Crippen LogP contribution in [0.1, 0.15) is 17.3 Å². The van der Waals surface area contributed by atoms with Crippen LogP contribution < -0.4 is 11.1 Å². The molecule has 8 nitrogen and oxygen atoms in total. The Morgan fingerprint density at radius 3 is 2.60 bits per heavy atom. The van der Waals surface area contributed by atoms with Gasteiger partial charge in [0.15, 0.2) is 6.04 Å². The fourth-order valence-corrected chi connectivity index (χ4v) is 1.37. The highest BCUT2D eigenvalue weighted by Gasteiger charge is 2.24. The Morgan fingerprint density at radius 2 is 2.05 bits per heavy atom. The van der Waals surface area contributed by atoms with Crippen molar-refractivity contribution in [1.82, 2.24) is 0 Å². The molecule has 5 N–H and O–H groups in total. The molecule has 0 aliphatic carbocycles. The van der Waals surface area contributed by atoms with E-state index in [0.29, 0.717) is 0 Å². The van der Waals surface area contributed by atoms with Gasteiger partial charge >= 0.3 is 11.9 Å². The minimum Gasteiger partial charge on any atom is -0.508 e. The molecule has 1 amide bonds. The zero-order chi connectivity index (χ0) is 15.3. The molecule has 0 saturated carbocycles. The number of carboxylic acids is 1. The van der Waals surface area contributed by atoms with Crippen LogP contribution in [0, 0.1) is 0 Å². The first-order valence-electron chi connectivity index (χ1n) is 5.66. The average molecular weight is 282 g/mol. The van der Waals surface area contributed by atoms with Crippen molar-refractivity contribution in [3.63, 3.8) is 0 Å². The molecule has 0 aliphatic heterocycles. The number of ether oxygens (including phenoxy) is 1. The van der Waals surface area contributed by atoms with Crippen LogP contribution >= 0.6 is 0 Å². The number of hydrogen-bond donors (Lipinski definition) is 4. The normalized spacial score (nSPS) is 11.5. The quantitative estimate of drug-likeness (QED) is 0.336. The summed E-state index contributed by atoms with van der Waals surface area (Å²) in [6, 6.07) is 1.78. The van der Waals surface area contributed by atoms with Crippen LogP contribution in [0.5, 0.6) is 5.75 Å². The van der Waals surface area contributed by atoms with Crippen molar-refractivity contribution < 1.29 is 29.3 Å². The number of benzene rings is 1. The Hall–Kier alpha value is -2.61. The van der Waals surface area contributed by atoms with E-state index >= 15 is 0 Å². The lowest BCUT2D eigenvalue weighted by Crippen LogP contribution is -2.43. The molecule has 0 fully saturated rings. The van der Waals surface area contributed by atoms with Crippen LogP contribution in [0.3, 0.4) is 0 Å². The molecule has 1 aromatic rings. The summed E-state index contributed by atoms with van der Waals surface area (Å²) in [4.78, 5) is 34.0. The number of nitrogens with two attached hydrogens (primary N) is 1. The van der Waals surface area contributed by atoms with Gasteiger partial charge in [-0.1, -0.05) is 0 Å². The minimum absolute atomic E-state index is 0.0688. The molecule has 20 heavy (non-hydrogen) atoms. The molecule has 0 spiro atoms. The number of aromatic carboxylic acids is 1. The summed E-state index contributed by atoms with van der Waals surface area (Å²) in [5.74, 6) is -3.44. The summed E-state index contributed by atoms with van der Waals surface area (Å²) in [5.41, 5.74) is 4.96. The second-order valence-electron chi connectivity index (χ2n) is 3.75. The van der Waals surface area contributed by atoms with Crippen molar-refractivity contribution in [3.05, 3.63) is 23.8 Å². The van der Waals surface area contributed by atoms with Gasteiger partial charge in [-0.3, -0.25) is 4.79 Å². The van der Waals surface area contributed by atoms with Gasteiger partial charge in [-0.2, -0.15) is 0 Å². The number of carbonyl (C=O) groups is 3. The molecule has 0 saturated heterocycles. The van der Waals surface area contributed by atoms with Gasteiger partial charge in [-0.15, -0.1) is 0 Å². The molecular formula is C12H14N2O6. The van der Waals surface area contributed by atoms with E-state index in [9.17, 15) is 19.5 Å². The van der Waals surface area contributed by atoms with E-state index in [0.717, 1.165) is 6.07 Å². The number of phenolic OH excluding ortho intramolecular Hbond substituents is 1. The third-order valence-electron chi connectivity index (χ3n) is 2.31. The van der Waals surface area contributed by atoms with Crippen molar-refractivity contribution in [2.45, 2.75) is 13.0 Å². The van der Waals surface area contributed by atoms with E-state index in [2.05, 4.69) is 10.1 Å². The number of phenols is 1. The fourth-order valence-electron chi connectivity index (χ4n) is 1.37. The number of esters is 1. The van der Waals surface area contributed by atoms with E-state index in [1.165, 1.54) is 12.1 Å². The maximum Gasteiger partial charge on any atom is 0.337 e. The lowest BCUT2D eigenvalue weighted by molar-refractivity contribution is -0.146. The highest BCUT2D eigenvalue weighted by Crippen LogP contribution is 2.21. The topological polar surface area (TPSA) is 139 Å². The van der Waals surface area contributed by atoms with E-state index < -0.39 is 23.9 Å². The first-order chi connectivity index (χ1) is 9.36. The second kappa shape index (κ2) is 6.53. The highest BCUT2D eigenvalue weighted by atomic mass is 16.5. The average Bonchev–Trinajstić information content (AvgIpc) is 2.39. The van der Waals surface area contributed by atoms with Crippen molar-refractivity contribution in [3.8, 4) is 5.75 Å². The lowest BCUT2D eigenvalue weighted by atomic mass is 10.1. The smallest absolute Gasteiger partial charge is 0.337 e. The maximum atomic E-state index is 11.7. The molecule has 0 aliphatic rings. The third kappa shape index (κ3) is 3.69. The molecule has 0 radical (unpaired) electrons. The molecule has 8 heteroatoms. The summed E-state index contributed by atoms with van der Waals surface area (Å²) >= 11 is 0. The molecule has 1 unspecified atom stereocenters. The van der Waals surface area contributed by atoms with Gasteiger partial charge in [0.2, 0.25) is 0 Å². The minimum atomic E-state index is -1.56. The second-order valence-corrected chi connectivity index (χ2v) is 3.75. The van der Waals surface area contributed by atoms with Crippen LogP contribution in [0.4, 0.5) is 5.69 Å². The Morgan fingerprint density at radius 1 is 1.40 bits per heavy atom. The predicted octanol–water partition coefficient (Wildman–Crippen LogP) is -0.0807. The molecule has 0 aromatic heterocycles. The van der Waals surface area contributed by atoms with Crippen molar-refractivity contribution >= 4 is 23.5 Å². The Labute approximate surface area is 114 Å². The Kier molecular flexibility index (Phi) is 5.04. The number of aromatic hydroxyl groups is 1. The number of carboxylic acid groups (broad SMARTS) is 1. The third-order valence-corrected chi connectivity index (χ3v) is 2.31. The molecule has 1 atom stereocenters. The summed E-state index contributed by atoms with van der Waals surface area (Å²) < 4.78 is 4.58. The van der Waals surface area contributed by atoms with Crippen LogP contribution in [0.15, 0.2) is 18.2 Å². The summed E-state index contributed by atoms with van der Waals surface area (Å²) in [5, 5.41) is 20.4. The fraction of sp³-hybridized carbons (Fsp3) is 0.250. The van der Waals surface area contributed by atoms with Gasteiger partial charge in [-0.25, -0.2) is 9.59 Å². The monoisotopic (exact) mass is 282 g/mol. The van der Waals surface area contributed by atoms with Crippen LogP contribution in [-0.4, -0.2) is 40.7 Å². The number of amides is 1. The summed E-state index contributed by atoms with van der Waals surface area (Å²) in [7, 11) is 0. The van der Waals surface area contributed by atoms with Gasteiger partial charge in [0, 0.05) is 0 Å². The zero-order valence-electron chi connectivity index (χ0n) is 10.6. The number of carbonyl (C=O) groups excluding carboxylic acids is 2. The molecule has 108 valence electrons. The van der Waals surface area contributed by atoms with Crippen molar-refractivity contribution in [2.24, 2.45) is 5.73 Å². The first-order valence-corrected chi connectivity index (χ1v) is 5.66. The zero-order valence-corrected chi connectivity index (χ0v) is 10.6. The number of anilines is 1. The van der Waals surface area contributed by atoms with E-state index in [4.69, 9.17) is 10.8 Å². The van der Waals surface area contributed by atoms with E-state index in [1.54, 1.807) is 6.92 Å². The van der Waals surface area contributed by atoms with Gasteiger partial charge in [0.05, 0.1) is 17.9 Å². The number of rotatable bonds is 5. The molecule has 1 rings (SSSR count). The largest absolute Gasteiger partial charge is 0.508 e. The van der Waals surface area contributed by atoms with Gasteiger partial charge in [-0.05, 0) is 25.1 Å².